The van der Waals surface area contributed by atoms with Crippen LogP contribution < -0.4 is 5.32 Å². The maximum absolute atomic E-state index is 12.5. The molecule has 4 nitrogen and oxygen atoms in total. The van der Waals surface area contributed by atoms with E-state index in [1.807, 2.05) is 24.3 Å². The average molecular weight is 325 g/mol. The van der Waals surface area contributed by atoms with Crippen molar-refractivity contribution < 1.29 is 14.3 Å². The molecular formula is C18H15NO3S. The lowest BCUT2D eigenvalue weighted by Gasteiger charge is -2.06. The molecular weight excluding hydrogens is 310 g/mol. The van der Waals surface area contributed by atoms with Gasteiger partial charge in [-0.25, -0.2) is 4.79 Å². The summed E-state index contributed by atoms with van der Waals surface area (Å²) in [6.45, 7) is 0. The van der Waals surface area contributed by atoms with Gasteiger partial charge >= 0.3 is 5.97 Å². The van der Waals surface area contributed by atoms with E-state index in [9.17, 15) is 9.59 Å². The van der Waals surface area contributed by atoms with Crippen LogP contribution in [0.4, 0.5) is 5.69 Å². The van der Waals surface area contributed by atoms with Crippen molar-refractivity contribution in [3.8, 4) is 0 Å². The van der Waals surface area contributed by atoms with E-state index in [2.05, 4.69) is 5.32 Å². The highest BCUT2D eigenvalue weighted by atomic mass is 32.1. The number of nitrogens with one attached hydrogen (secondary N) is 1. The Labute approximate surface area is 139 Å². The molecule has 0 spiro atoms. The quantitative estimate of drug-likeness (QED) is 0.531. The first kappa shape index (κ1) is 15.4. The van der Waals surface area contributed by atoms with Crippen molar-refractivity contribution in [2.75, 3.05) is 12.4 Å². The molecule has 23 heavy (non-hydrogen) atoms. The fourth-order valence-corrected chi connectivity index (χ4v) is 2.87. The number of methoxy groups -OCH3 is 1. The standard InChI is InChI=1S/C18H15NO3S/c1-22-18(21)14-4-2-3-11(7-14)8-16(20)13-6-5-12-10-17(23)19-15(12)9-13/h2-7,9H,8,10H2,1H3,(H,19,23). The van der Waals surface area contributed by atoms with E-state index in [4.69, 9.17) is 17.0 Å². The molecule has 2 aromatic rings. The van der Waals surface area contributed by atoms with Gasteiger partial charge in [-0.05, 0) is 29.3 Å². The lowest BCUT2D eigenvalue weighted by atomic mass is 10.00. The van der Waals surface area contributed by atoms with Crippen molar-refractivity contribution in [2.24, 2.45) is 0 Å². The zero-order valence-electron chi connectivity index (χ0n) is 12.6. The van der Waals surface area contributed by atoms with Crippen LogP contribution in [0, 0.1) is 0 Å². The number of ketones is 1. The summed E-state index contributed by atoms with van der Waals surface area (Å²) in [5, 5.41) is 3.11. The van der Waals surface area contributed by atoms with Crippen LogP contribution in [0.5, 0.6) is 0 Å². The van der Waals surface area contributed by atoms with Crippen LogP contribution in [-0.2, 0) is 17.6 Å². The summed E-state index contributed by atoms with van der Waals surface area (Å²) in [4.78, 5) is 24.8. The summed E-state index contributed by atoms with van der Waals surface area (Å²) in [6.07, 6.45) is 0.953. The number of rotatable bonds is 4. The molecule has 0 saturated carbocycles. The number of benzene rings is 2. The lowest BCUT2D eigenvalue weighted by molar-refractivity contribution is 0.0600. The van der Waals surface area contributed by atoms with E-state index in [0.717, 1.165) is 28.2 Å². The van der Waals surface area contributed by atoms with Gasteiger partial charge in [0.25, 0.3) is 0 Å². The maximum atomic E-state index is 12.5. The number of carbonyl (C=O) groups is 2. The molecule has 1 aliphatic rings. The van der Waals surface area contributed by atoms with Crippen LogP contribution in [0.3, 0.4) is 0 Å². The zero-order valence-corrected chi connectivity index (χ0v) is 13.4. The van der Waals surface area contributed by atoms with E-state index >= 15 is 0 Å². The summed E-state index contributed by atoms with van der Waals surface area (Å²) < 4.78 is 4.70. The van der Waals surface area contributed by atoms with Gasteiger partial charge < -0.3 is 10.1 Å². The molecule has 0 atom stereocenters. The molecule has 116 valence electrons. The fraction of sp³-hybridized carbons (Fsp3) is 0.167. The molecule has 0 fully saturated rings. The molecule has 1 aliphatic heterocycles. The van der Waals surface area contributed by atoms with Crippen molar-refractivity contribution in [3.63, 3.8) is 0 Å². The molecule has 2 aromatic carbocycles. The van der Waals surface area contributed by atoms with Crippen LogP contribution >= 0.6 is 12.2 Å². The molecule has 0 aromatic heterocycles. The normalized spacial score (nSPS) is 12.5. The van der Waals surface area contributed by atoms with Gasteiger partial charge in [0, 0.05) is 24.1 Å². The zero-order chi connectivity index (χ0) is 16.4. The number of hydrogen-bond donors (Lipinski definition) is 1. The number of hydrogen-bond acceptors (Lipinski definition) is 4. The summed E-state index contributed by atoms with van der Waals surface area (Å²) in [7, 11) is 1.34. The van der Waals surface area contributed by atoms with Crippen molar-refractivity contribution in [2.45, 2.75) is 12.8 Å². The highest BCUT2D eigenvalue weighted by molar-refractivity contribution is 7.80. The van der Waals surface area contributed by atoms with Gasteiger partial charge in [-0.15, -0.1) is 0 Å². The average Bonchev–Trinajstić information content (AvgIpc) is 2.93. The summed E-state index contributed by atoms with van der Waals surface area (Å²) in [5.41, 5.74) is 3.87. The highest BCUT2D eigenvalue weighted by Gasteiger charge is 2.17. The second kappa shape index (κ2) is 6.30. The molecule has 1 N–H and O–H groups in total. The number of fused-ring (bicyclic) bond motifs is 1. The smallest absolute Gasteiger partial charge is 0.337 e. The second-order valence-electron chi connectivity index (χ2n) is 5.39. The van der Waals surface area contributed by atoms with Crippen LogP contribution in [-0.4, -0.2) is 23.9 Å². The van der Waals surface area contributed by atoms with Gasteiger partial charge in [0.2, 0.25) is 0 Å². The minimum atomic E-state index is -0.408. The Kier molecular flexibility index (Phi) is 4.21. The van der Waals surface area contributed by atoms with Gasteiger partial charge in [0.1, 0.15) is 0 Å². The number of anilines is 1. The minimum absolute atomic E-state index is 0.00515. The van der Waals surface area contributed by atoms with Gasteiger partial charge in [-0.2, -0.15) is 0 Å². The summed E-state index contributed by atoms with van der Waals surface area (Å²) in [5.74, 6) is -0.413. The van der Waals surface area contributed by atoms with Crippen molar-refractivity contribution in [3.05, 3.63) is 64.7 Å². The molecule has 1 heterocycles. The Hall–Kier alpha value is -2.53. The second-order valence-corrected chi connectivity index (χ2v) is 5.88. The predicted molar refractivity (Wildman–Crippen MR) is 92.2 cm³/mol. The van der Waals surface area contributed by atoms with Crippen LogP contribution in [0.1, 0.15) is 31.8 Å². The first-order valence-corrected chi connectivity index (χ1v) is 7.61. The number of thiocarbonyl (C=S) groups is 1. The molecule has 3 rings (SSSR count). The third-order valence-corrected chi connectivity index (χ3v) is 4.02. The Morgan fingerprint density at radius 3 is 2.78 bits per heavy atom. The van der Waals surface area contributed by atoms with Gasteiger partial charge in [-0.1, -0.05) is 36.5 Å². The first-order valence-electron chi connectivity index (χ1n) is 7.20. The fourth-order valence-electron chi connectivity index (χ4n) is 2.60. The third kappa shape index (κ3) is 3.29. The SMILES string of the molecule is COC(=O)c1cccc(CC(=O)c2ccc3c(c2)NC(=S)C3)c1. The Balaban J connectivity index is 1.79. The predicted octanol–water partition coefficient (Wildman–Crippen LogP) is 3.19. The maximum Gasteiger partial charge on any atom is 0.337 e. The molecule has 0 bridgehead atoms. The number of ether oxygens (including phenoxy) is 1. The molecule has 0 radical (unpaired) electrons. The lowest BCUT2D eigenvalue weighted by Crippen LogP contribution is -2.06. The van der Waals surface area contributed by atoms with Crippen LogP contribution in [0.15, 0.2) is 42.5 Å². The Morgan fingerprint density at radius 1 is 1.17 bits per heavy atom. The van der Waals surface area contributed by atoms with E-state index < -0.39 is 5.97 Å². The topological polar surface area (TPSA) is 55.4 Å². The molecule has 0 unspecified atom stereocenters. The summed E-state index contributed by atoms with van der Waals surface area (Å²) in [6, 6.07) is 12.5. The van der Waals surface area contributed by atoms with E-state index in [1.54, 1.807) is 18.2 Å². The summed E-state index contributed by atoms with van der Waals surface area (Å²) >= 11 is 5.15. The van der Waals surface area contributed by atoms with Gasteiger partial charge in [0.15, 0.2) is 5.78 Å². The van der Waals surface area contributed by atoms with Crippen LogP contribution in [0.25, 0.3) is 0 Å². The first-order chi connectivity index (χ1) is 11.1. The van der Waals surface area contributed by atoms with Crippen molar-refractivity contribution >= 4 is 34.6 Å². The van der Waals surface area contributed by atoms with Crippen molar-refractivity contribution in [1.82, 2.24) is 0 Å². The van der Waals surface area contributed by atoms with E-state index in [0.29, 0.717) is 11.1 Å². The molecule has 0 saturated heterocycles. The third-order valence-electron chi connectivity index (χ3n) is 3.77. The van der Waals surface area contributed by atoms with E-state index in [1.165, 1.54) is 7.11 Å². The van der Waals surface area contributed by atoms with Crippen molar-refractivity contribution in [1.29, 1.82) is 0 Å². The van der Waals surface area contributed by atoms with E-state index in [-0.39, 0.29) is 12.2 Å². The molecule has 0 amide bonds. The molecule has 0 aliphatic carbocycles. The highest BCUT2D eigenvalue weighted by Crippen LogP contribution is 2.25. The Bertz CT molecular complexity index is 814. The largest absolute Gasteiger partial charge is 0.465 e. The number of esters is 1. The monoisotopic (exact) mass is 325 g/mol. The number of carbonyl (C=O) groups excluding carboxylic acids is 2. The molecule has 5 heteroatoms. The Morgan fingerprint density at radius 2 is 2.00 bits per heavy atom. The van der Waals surface area contributed by atoms with Gasteiger partial charge in [-0.3, -0.25) is 4.79 Å². The minimum Gasteiger partial charge on any atom is -0.465 e. The number of Topliss-reactive ketones (excluding diaryl/α,β-unsaturated/α-hetero) is 1. The van der Waals surface area contributed by atoms with Crippen LogP contribution in [0.2, 0.25) is 0 Å². The van der Waals surface area contributed by atoms with Gasteiger partial charge in [0.05, 0.1) is 17.7 Å².